The molecule has 3 aromatic rings. The minimum absolute atomic E-state index is 0.196. The number of esters is 4. The van der Waals surface area contributed by atoms with Gasteiger partial charge in [-0.15, -0.1) is 0 Å². The Bertz CT molecular complexity index is 1460. The van der Waals surface area contributed by atoms with Gasteiger partial charge in [0.2, 0.25) is 0 Å². The molecule has 0 unspecified atom stereocenters. The van der Waals surface area contributed by atoms with Crippen LogP contribution < -0.4 is 18.9 Å². The lowest BCUT2D eigenvalue weighted by molar-refractivity contribution is -0.137. The summed E-state index contributed by atoms with van der Waals surface area (Å²) in [7, 11) is 0. The molecule has 3 aromatic carbocycles. The number of ether oxygens (including phenoxy) is 5. The monoisotopic (exact) mass is 606 g/mol. The molecular formula is C33H31ClO9. The van der Waals surface area contributed by atoms with Gasteiger partial charge in [0.25, 0.3) is 0 Å². The molecule has 0 bridgehead atoms. The van der Waals surface area contributed by atoms with Crippen LogP contribution in [-0.2, 0) is 14.3 Å². The topological polar surface area (TPSA) is 114 Å². The highest BCUT2D eigenvalue weighted by molar-refractivity contribution is 6.41. The Morgan fingerprint density at radius 3 is 1.86 bits per heavy atom. The molecule has 43 heavy (non-hydrogen) atoms. The van der Waals surface area contributed by atoms with Crippen molar-refractivity contribution in [2.75, 3.05) is 13.2 Å². The van der Waals surface area contributed by atoms with Gasteiger partial charge in [-0.05, 0) is 105 Å². The molecule has 0 heterocycles. The van der Waals surface area contributed by atoms with Crippen LogP contribution in [0.5, 0.6) is 23.0 Å². The molecule has 0 aliphatic rings. The quantitative estimate of drug-likeness (QED) is 0.0801. The van der Waals surface area contributed by atoms with E-state index in [1.54, 1.807) is 37.3 Å². The largest absolute Gasteiger partial charge is 0.494 e. The van der Waals surface area contributed by atoms with Crippen LogP contribution in [0.1, 0.15) is 52.0 Å². The van der Waals surface area contributed by atoms with E-state index in [-0.39, 0.29) is 27.8 Å². The molecule has 0 aromatic heterocycles. The van der Waals surface area contributed by atoms with Gasteiger partial charge in [0, 0.05) is 6.08 Å². The number of benzene rings is 3. The van der Waals surface area contributed by atoms with Gasteiger partial charge in [0.05, 0.1) is 24.3 Å². The second-order valence-corrected chi connectivity index (χ2v) is 9.64. The number of unbranched alkanes of at least 4 members (excludes halogenated alkanes) is 3. The number of carbonyl (C=O) groups excluding carboxylic acids is 4. The van der Waals surface area contributed by atoms with Crippen molar-refractivity contribution in [2.24, 2.45) is 0 Å². The van der Waals surface area contributed by atoms with Crippen molar-refractivity contribution in [3.8, 4) is 23.0 Å². The zero-order valence-electron chi connectivity index (χ0n) is 23.6. The van der Waals surface area contributed by atoms with Gasteiger partial charge < -0.3 is 23.7 Å². The van der Waals surface area contributed by atoms with E-state index >= 15 is 0 Å². The Balaban J connectivity index is 1.44. The second kappa shape index (κ2) is 16.5. The van der Waals surface area contributed by atoms with Gasteiger partial charge in [-0.1, -0.05) is 24.8 Å². The molecule has 0 spiro atoms. The maximum absolute atomic E-state index is 12.6. The maximum atomic E-state index is 12.6. The third-order valence-electron chi connectivity index (χ3n) is 5.89. The van der Waals surface area contributed by atoms with Crippen LogP contribution >= 0.6 is 11.6 Å². The van der Waals surface area contributed by atoms with Crippen LogP contribution in [0, 0.1) is 6.92 Å². The molecule has 0 aliphatic carbocycles. The minimum Gasteiger partial charge on any atom is -0.494 e. The van der Waals surface area contributed by atoms with Gasteiger partial charge in [0.1, 0.15) is 28.0 Å². The average molecular weight is 607 g/mol. The maximum Gasteiger partial charge on any atom is 0.354 e. The van der Waals surface area contributed by atoms with Crippen molar-refractivity contribution >= 4 is 35.5 Å². The second-order valence-electron chi connectivity index (χ2n) is 9.18. The van der Waals surface area contributed by atoms with Crippen LogP contribution in [0.4, 0.5) is 0 Å². The molecule has 0 saturated heterocycles. The van der Waals surface area contributed by atoms with Crippen molar-refractivity contribution < 1.29 is 42.9 Å². The number of hydrogen-bond donors (Lipinski definition) is 0. The Kier molecular flexibility index (Phi) is 12.5. The summed E-state index contributed by atoms with van der Waals surface area (Å²) >= 11 is 5.50. The minimum atomic E-state index is -0.791. The molecular weight excluding hydrogens is 576 g/mol. The fourth-order valence-corrected chi connectivity index (χ4v) is 3.65. The van der Waals surface area contributed by atoms with E-state index < -0.39 is 23.9 Å². The van der Waals surface area contributed by atoms with E-state index in [1.165, 1.54) is 36.4 Å². The molecule has 0 N–H and O–H groups in total. The van der Waals surface area contributed by atoms with Crippen LogP contribution in [-0.4, -0.2) is 37.1 Å². The molecule has 0 radical (unpaired) electrons. The van der Waals surface area contributed by atoms with Crippen LogP contribution in [0.2, 0.25) is 0 Å². The lowest BCUT2D eigenvalue weighted by Crippen LogP contribution is -2.11. The van der Waals surface area contributed by atoms with Crippen molar-refractivity contribution in [1.82, 2.24) is 0 Å². The molecule has 224 valence electrons. The summed E-state index contributed by atoms with van der Waals surface area (Å²) in [5, 5.41) is -0.265. The van der Waals surface area contributed by atoms with E-state index in [2.05, 4.69) is 13.2 Å². The molecule has 0 amide bonds. The summed E-state index contributed by atoms with van der Waals surface area (Å²) in [4.78, 5) is 47.7. The number of rotatable bonds is 15. The Labute approximate surface area is 254 Å². The smallest absolute Gasteiger partial charge is 0.354 e. The summed E-state index contributed by atoms with van der Waals surface area (Å²) in [5.74, 6) is -0.970. The molecule has 0 fully saturated rings. The average Bonchev–Trinajstić information content (AvgIpc) is 3.00. The van der Waals surface area contributed by atoms with Crippen molar-refractivity contribution in [1.29, 1.82) is 0 Å². The fourth-order valence-electron chi connectivity index (χ4n) is 3.61. The molecule has 10 heteroatoms. The molecule has 9 nitrogen and oxygen atoms in total. The standard InChI is InChI=1S/C33H31ClO9/c1-4-30(35)40-20-8-6-5-7-19-39-26-13-9-24(10-14-26)32(37)42-28-17-18-29(22(2)21-28)43-33(38)25-11-15-27(16-12-25)41-31(36)23(3)34/h4,9-18,21H,1,3,5-8,19-20H2,2H3. The zero-order valence-corrected chi connectivity index (χ0v) is 24.4. The third-order valence-corrected chi connectivity index (χ3v) is 6.04. The van der Waals surface area contributed by atoms with Gasteiger partial charge in [-0.3, -0.25) is 0 Å². The Morgan fingerprint density at radius 1 is 0.721 bits per heavy atom. The highest BCUT2D eigenvalue weighted by Gasteiger charge is 2.14. The summed E-state index contributed by atoms with van der Waals surface area (Å²) in [6.45, 7) is 9.26. The predicted octanol–water partition coefficient (Wildman–Crippen LogP) is 6.76. The number of carbonyl (C=O) groups is 4. The lowest BCUT2D eigenvalue weighted by atomic mass is 10.2. The summed E-state index contributed by atoms with van der Waals surface area (Å²) < 4.78 is 26.6. The summed E-state index contributed by atoms with van der Waals surface area (Å²) in [6, 6.07) is 17.0. The summed E-state index contributed by atoms with van der Waals surface area (Å²) in [5.41, 5.74) is 1.15. The fraction of sp³-hybridized carbons (Fsp3) is 0.212. The lowest BCUT2D eigenvalue weighted by Gasteiger charge is -2.11. The third kappa shape index (κ3) is 10.8. The van der Waals surface area contributed by atoms with Gasteiger partial charge in [-0.2, -0.15) is 0 Å². The van der Waals surface area contributed by atoms with Gasteiger partial charge in [-0.25, -0.2) is 19.2 Å². The van der Waals surface area contributed by atoms with Crippen LogP contribution in [0.25, 0.3) is 0 Å². The van der Waals surface area contributed by atoms with Gasteiger partial charge >= 0.3 is 23.9 Å². The Morgan fingerprint density at radius 2 is 1.28 bits per heavy atom. The summed E-state index contributed by atoms with van der Waals surface area (Å²) in [6.07, 6.45) is 4.63. The number of hydrogen-bond acceptors (Lipinski definition) is 9. The highest BCUT2D eigenvalue weighted by Crippen LogP contribution is 2.26. The van der Waals surface area contributed by atoms with Crippen LogP contribution in [0.15, 0.2) is 91.0 Å². The molecule has 3 rings (SSSR count). The number of halogens is 1. The first kappa shape index (κ1) is 32.6. The van der Waals surface area contributed by atoms with E-state index in [9.17, 15) is 19.2 Å². The zero-order chi connectivity index (χ0) is 31.2. The predicted molar refractivity (Wildman–Crippen MR) is 160 cm³/mol. The van der Waals surface area contributed by atoms with Crippen molar-refractivity contribution in [2.45, 2.75) is 32.6 Å². The normalized spacial score (nSPS) is 10.3. The van der Waals surface area contributed by atoms with Crippen molar-refractivity contribution in [3.05, 3.63) is 108 Å². The molecule has 0 saturated carbocycles. The van der Waals surface area contributed by atoms with E-state index in [1.807, 2.05) is 0 Å². The van der Waals surface area contributed by atoms with E-state index in [0.717, 1.165) is 31.8 Å². The van der Waals surface area contributed by atoms with E-state index in [0.29, 0.717) is 30.1 Å². The van der Waals surface area contributed by atoms with E-state index in [4.69, 9.17) is 35.3 Å². The van der Waals surface area contributed by atoms with Gasteiger partial charge in [0.15, 0.2) is 0 Å². The first-order chi connectivity index (χ1) is 20.7. The highest BCUT2D eigenvalue weighted by atomic mass is 35.5. The van der Waals surface area contributed by atoms with Crippen LogP contribution in [0.3, 0.4) is 0 Å². The van der Waals surface area contributed by atoms with Crippen molar-refractivity contribution in [3.63, 3.8) is 0 Å². The first-order valence-corrected chi connectivity index (χ1v) is 13.8. The molecule has 0 atom stereocenters. The number of aryl methyl sites for hydroxylation is 1. The first-order valence-electron chi connectivity index (χ1n) is 13.4. The Hall–Kier alpha value is -4.89. The molecule has 0 aliphatic heterocycles. The SMILES string of the molecule is C=CC(=O)OCCCCCCOc1ccc(C(=O)Oc2ccc(OC(=O)c3ccc(OC(=O)C(=C)Cl)cc3)c(C)c2)cc1.